The molecule has 0 spiro atoms. The monoisotopic (exact) mass is 594 g/mol. The molecule has 0 fully saturated rings. The predicted octanol–water partition coefficient (Wildman–Crippen LogP) is 4.26. The van der Waals surface area contributed by atoms with Crippen LogP contribution in [0, 0.1) is 5.82 Å². The van der Waals surface area contributed by atoms with Crippen LogP contribution in [0.4, 0.5) is 17.6 Å². The van der Waals surface area contributed by atoms with Gasteiger partial charge in [-0.05, 0) is 55.8 Å². The number of nitrogens with two attached hydrogens (primary N) is 1. The van der Waals surface area contributed by atoms with Gasteiger partial charge in [-0.2, -0.15) is 13.2 Å². The minimum atomic E-state index is -5.25. The van der Waals surface area contributed by atoms with E-state index in [2.05, 4.69) is 4.98 Å². The number of hydrogen-bond donors (Lipinski definition) is 3. The Hall–Kier alpha value is -3.94. The SMILES string of the molecule is COc1cc(C(=O)CC[C@@](O)(c2cc3c(c(-c4ccc(F)cc4)n2)OC[C@@]3(C)N)C(F)(F)F)cc(OC)c1OCCO. The van der Waals surface area contributed by atoms with E-state index < -0.39 is 47.5 Å². The lowest BCUT2D eigenvalue weighted by Crippen LogP contribution is -2.44. The summed E-state index contributed by atoms with van der Waals surface area (Å²) in [5.41, 5.74) is 1.05. The lowest BCUT2D eigenvalue weighted by atomic mass is 9.86. The largest absolute Gasteiger partial charge is 0.493 e. The van der Waals surface area contributed by atoms with Crippen molar-refractivity contribution in [2.75, 3.05) is 34.0 Å². The second-order valence-corrected chi connectivity index (χ2v) is 10.0. The third-order valence-corrected chi connectivity index (χ3v) is 6.95. The molecule has 4 rings (SSSR count). The van der Waals surface area contributed by atoms with Crippen LogP contribution in [-0.2, 0) is 11.1 Å². The molecule has 42 heavy (non-hydrogen) atoms. The number of Topliss-reactive ketones (excluding diaryl/α,β-unsaturated/α-hetero) is 1. The zero-order valence-corrected chi connectivity index (χ0v) is 23.0. The summed E-state index contributed by atoms with van der Waals surface area (Å²) in [6.45, 7) is 1.09. The van der Waals surface area contributed by atoms with Crippen molar-refractivity contribution in [3.8, 4) is 34.3 Å². The zero-order chi connectivity index (χ0) is 30.9. The Labute approximate surface area is 238 Å². The van der Waals surface area contributed by atoms with Gasteiger partial charge in [0.15, 0.2) is 23.0 Å². The Morgan fingerprint density at radius 3 is 2.29 bits per heavy atom. The van der Waals surface area contributed by atoms with Gasteiger partial charge in [-0.3, -0.25) is 4.79 Å². The number of pyridine rings is 1. The first kappa shape index (κ1) is 31.0. The van der Waals surface area contributed by atoms with Crippen molar-refractivity contribution in [3.63, 3.8) is 0 Å². The van der Waals surface area contributed by atoms with Crippen LogP contribution in [-0.4, -0.2) is 61.2 Å². The smallest absolute Gasteiger partial charge is 0.422 e. The van der Waals surface area contributed by atoms with Crippen molar-refractivity contribution < 1.29 is 51.5 Å². The van der Waals surface area contributed by atoms with Crippen LogP contribution in [0.5, 0.6) is 23.0 Å². The predicted molar refractivity (Wildman–Crippen MR) is 142 cm³/mol. The fraction of sp³-hybridized carbons (Fsp3) is 0.379. The number of halogens is 4. The lowest BCUT2D eigenvalue weighted by Gasteiger charge is -2.31. The first-order valence-corrected chi connectivity index (χ1v) is 12.8. The molecule has 2 atom stereocenters. The molecular weight excluding hydrogens is 564 g/mol. The number of benzene rings is 2. The fourth-order valence-corrected chi connectivity index (χ4v) is 4.60. The summed E-state index contributed by atoms with van der Waals surface area (Å²) in [4.78, 5) is 17.3. The lowest BCUT2D eigenvalue weighted by molar-refractivity contribution is -0.270. The number of ether oxygens (including phenoxy) is 4. The maximum atomic E-state index is 14.6. The van der Waals surface area contributed by atoms with Crippen LogP contribution in [0.1, 0.15) is 41.4 Å². The van der Waals surface area contributed by atoms with Gasteiger partial charge >= 0.3 is 6.18 Å². The molecule has 0 saturated carbocycles. The van der Waals surface area contributed by atoms with Gasteiger partial charge in [0.2, 0.25) is 11.4 Å². The Balaban J connectivity index is 1.74. The summed E-state index contributed by atoms with van der Waals surface area (Å²) in [5.74, 6) is -0.983. The standard InChI is InChI=1S/C29H30F4N2O7/c1-27(34)15-42-25-19(27)14-23(35-24(25)16-4-6-18(30)7-5-16)28(38,29(31,32)33)9-8-20(37)17-12-21(39-2)26(41-11-10-36)22(13-17)40-3/h4-7,12-14,36,38H,8-11,15,34H2,1-3H3/t27-,28-/m1/s1. The number of carbonyl (C=O) groups is 1. The molecule has 0 unspecified atom stereocenters. The first-order chi connectivity index (χ1) is 19.8. The Bertz CT molecular complexity index is 1440. The second-order valence-electron chi connectivity index (χ2n) is 10.0. The molecule has 13 heteroatoms. The van der Waals surface area contributed by atoms with Crippen LogP contribution >= 0.6 is 0 Å². The van der Waals surface area contributed by atoms with Gasteiger partial charge in [0.1, 0.15) is 24.7 Å². The van der Waals surface area contributed by atoms with E-state index in [4.69, 9.17) is 29.8 Å². The number of hydrogen-bond acceptors (Lipinski definition) is 9. The quantitative estimate of drug-likeness (QED) is 0.220. The Morgan fingerprint density at radius 2 is 1.74 bits per heavy atom. The zero-order valence-electron chi connectivity index (χ0n) is 23.0. The van der Waals surface area contributed by atoms with E-state index in [1.807, 2.05) is 0 Å². The van der Waals surface area contributed by atoms with E-state index in [9.17, 15) is 27.5 Å². The number of aromatic nitrogens is 1. The summed E-state index contributed by atoms with van der Waals surface area (Å²) in [7, 11) is 2.59. The molecule has 0 radical (unpaired) electrons. The molecular formula is C29H30F4N2O7. The molecule has 1 aromatic heterocycles. The Kier molecular flexibility index (Phi) is 8.67. The average Bonchev–Trinajstić information content (AvgIpc) is 3.27. The van der Waals surface area contributed by atoms with E-state index in [0.717, 1.165) is 18.2 Å². The number of ketones is 1. The molecule has 226 valence electrons. The molecule has 9 nitrogen and oxygen atoms in total. The van der Waals surface area contributed by atoms with E-state index in [0.29, 0.717) is 0 Å². The van der Waals surface area contributed by atoms with Gasteiger partial charge in [0, 0.05) is 23.1 Å². The highest BCUT2D eigenvalue weighted by atomic mass is 19.4. The van der Waals surface area contributed by atoms with Crippen LogP contribution in [0.25, 0.3) is 11.3 Å². The van der Waals surface area contributed by atoms with Crippen LogP contribution in [0.2, 0.25) is 0 Å². The molecule has 2 heterocycles. The maximum Gasteiger partial charge on any atom is 0.422 e. The third-order valence-electron chi connectivity index (χ3n) is 6.95. The summed E-state index contributed by atoms with van der Waals surface area (Å²) in [6, 6.07) is 8.44. The second kappa shape index (κ2) is 11.7. The van der Waals surface area contributed by atoms with E-state index in [1.54, 1.807) is 6.92 Å². The van der Waals surface area contributed by atoms with E-state index in [-0.39, 0.29) is 65.2 Å². The van der Waals surface area contributed by atoms with Gasteiger partial charge in [-0.15, -0.1) is 0 Å². The number of methoxy groups -OCH3 is 2. The first-order valence-electron chi connectivity index (χ1n) is 12.8. The molecule has 0 saturated heterocycles. The number of carbonyl (C=O) groups excluding carboxylic acids is 1. The number of aliphatic hydroxyl groups excluding tert-OH is 1. The molecule has 3 aromatic rings. The molecule has 2 aromatic carbocycles. The minimum absolute atomic E-state index is 0.0542. The average molecular weight is 595 g/mol. The Morgan fingerprint density at radius 1 is 1.12 bits per heavy atom. The van der Waals surface area contributed by atoms with Crippen LogP contribution in [0.15, 0.2) is 42.5 Å². The summed E-state index contributed by atoms with van der Waals surface area (Å²) in [6.07, 6.45) is -7.09. The maximum absolute atomic E-state index is 14.6. The highest BCUT2D eigenvalue weighted by molar-refractivity contribution is 5.97. The third kappa shape index (κ3) is 5.85. The van der Waals surface area contributed by atoms with Crippen molar-refractivity contribution in [2.45, 2.75) is 37.1 Å². The number of nitrogens with zero attached hydrogens (tertiary/aromatic N) is 1. The number of fused-ring (bicyclic) bond motifs is 1. The molecule has 4 N–H and O–H groups in total. The summed E-state index contributed by atoms with van der Waals surface area (Å²) in [5, 5.41) is 20.3. The number of rotatable bonds is 11. The topological polar surface area (TPSA) is 133 Å². The molecule has 0 aliphatic carbocycles. The highest BCUT2D eigenvalue weighted by Gasteiger charge is 2.56. The van der Waals surface area contributed by atoms with Crippen LogP contribution in [0.3, 0.4) is 0 Å². The van der Waals surface area contributed by atoms with Gasteiger partial charge in [0.05, 0.1) is 32.1 Å². The van der Waals surface area contributed by atoms with E-state index >= 15 is 0 Å². The molecule has 1 aliphatic rings. The summed E-state index contributed by atoms with van der Waals surface area (Å²) >= 11 is 0. The number of aliphatic hydroxyl groups is 2. The molecule has 1 aliphatic heterocycles. The van der Waals surface area contributed by atoms with Crippen molar-refractivity contribution in [2.24, 2.45) is 5.73 Å². The summed E-state index contributed by atoms with van der Waals surface area (Å²) < 4.78 is 78.9. The molecule has 0 bridgehead atoms. The van der Waals surface area contributed by atoms with Gasteiger partial charge < -0.3 is 34.9 Å². The highest BCUT2D eigenvalue weighted by Crippen LogP contribution is 2.48. The van der Waals surface area contributed by atoms with Gasteiger partial charge in [-0.25, -0.2) is 9.37 Å². The van der Waals surface area contributed by atoms with E-state index in [1.165, 1.54) is 38.5 Å². The van der Waals surface area contributed by atoms with Crippen molar-refractivity contribution in [1.82, 2.24) is 4.98 Å². The van der Waals surface area contributed by atoms with Crippen LogP contribution < -0.4 is 24.7 Å². The van der Waals surface area contributed by atoms with Crippen molar-refractivity contribution in [3.05, 3.63) is 65.1 Å². The minimum Gasteiger partial charge on any atom is -0.493 e. The van der Waals surface area contributed by atoms with Crippen molar-refractivity contribution >= 4 is 5.78 Å². The number of alkyl halides is 3. The van der Waals surface area contributed by atoms with Gasteiger partial charge in [-0.1, -0.05) is 0 Å². The molecule has 0 amide bonds. The fourth-order valence-electron chi connectivity index (χ4n) is 4.60. The van der Waals surface area contributed by atoms with Crippen molar-refractivity contribution in [1.29, 1.82) is 0 Å². The normalized spacial score (nSPS) is 17.7. The van der Waals surface area contributed by atoms with Gasteiger partial charge in [0.25, 0.3) is 0 Å².